The number of carbonyl (C=O) groups is 3. The summed E-state index contributed by atoms with van der Waals surface area (Å²) < 4.78 is 0. The Morgan fingerprint density at radius 2 is 1.70 bits per heavy atom. The molecular weight excluding hydrogens is 342 g/mol. The van der Waals surface area contributed by atoms with Crippen LogP contribution in [0.4, 0.5) is 0 Å². The van der Waals surface area contributed by atoms with E-state index in [-0.39, 0.29) is 40.9 Å². The summed E-state index contributed by atoms with van der Waals surface area (Å²) in [6.45, 7) is 9.54. The van der Waals surface area contributed by atoms with Gasteiger partial charge in [-0.15, -0.1) is 0 Å². The first kappa shape index (κ1) is 21.6. The number of likely N-dealkylation sites (tertiary alicyclic amines) is 1. The maximum Gasteiger partial charge on any atom is 0.243 e. The van der Waals surface area contributed by atoms with Gasteiger partial charge in [-0.25, -0.2) is 0 Å². The lowest BCUT2D eigenvalue weighted by atomic mass is 9.85. The normalized spacial score (nSPS) is 23.9. The van der Waals surface area contributed by atoms with Crippen molar-refractivity contribution in [3.63, 3.8) is 0 Å². The molecule has 0 radical (unpaired) electrons. The van der Waals surface area contributed by atoms with Crippen molar-refractivity contribution in [2.75, 3.05) is 27.2 Å². The Bertz CT molecular complexity index is 584. The monoisotopic (exact) mass is 377 g/mol. The number of carbonyl (C=O) groups excluding carboxylic acids is 3. The second kappa shape index (κ2) is 8.55. The second-order valence-corrected chi connectivity index (χ2v) is 9.47. The molecule has 0 bridgehead atoms. The summed E-state index contributed by atoms with van der Waals surface area (Å²) in [4.78, 5) is 42.2. The highest BCUT2D eigenvalue weighted by molar-refractivity contribution is 6.08. The first-order valence-electron chi connectivity index (χ1n) is 9.98. The molecule has 3 amide bonds. The van der Waals surface area contributed by atoms with Crippen LogP contribution in [0.3, 0.4) is 0 Å². The molecule has 2 aliphatic rings. The van der Waals surface area contributed by atoms with E-state index in [0.717, 1.165) is 6.54 Å². The third-order valence-electron chi connectivity index (χ3n) is 5.34. The van der Waals surface area contributed by atoms with Crippen molar-refractivity contribution in [3.05, 3.63) is 12.2 Å². The highest BCUT2D eigenvalue weighted by Gasteiger charge is 2.51. The Balaban J connectivity index is 2.14. The lowest BCUT2D eigenvalue weighted by Crippen LogP contribution is -2.52. The van der Waals surface area contributed by atoms with E-state index in [0.29, 0.717) is 25.8 Å². The van der Waals surface area contributed by atoms with E-state index in [1.54, 1.807) is 0 Å². The van der Waals surface area contributed by atoms with Gasteiger partial charge in [0.25, 0.3) is 0 Å². The molecule has 0 saturated carbocycles. The lowest BCUT2D eigenvalue weighted by molar-refractivity contribution is -0.148. The summed E-state index contributed by atoms with van der Waals surface area (Å²) in [7, 11) is 4.00. The molecule has 1 aliphatic carbocycles. The Morgan fingerprint density at radius 1 is 1.19 bits per heavy atom. The van der Waals surface area contributed by atoms with Crippen LogP contribution in [0, 0.1) is 23.2 Å². The van der Waals surface area contributed by atoms with Crippen LogP contribution >= 0.6 is 0 Å². The standard InChI is InChI=1S/C21H35N3O3/c1-14(2)11-17(18(25)22-12-21(3,4)13-23(5)6)24-19(26)15-9-7-8-10-16(15)20(24)27/h7-8,14-17H,9-13H2,1-6H3,(H,22,25). The summed E-state index contributed by atoms with van der Waals surface area (Å²) in [6, 6.07) is -0.717. The number of imide groups is 1. The van der Waals surface area contributed by atoms with Crippen molar-refractivity contribution in [2.45, 2.75) is 53.0 Å². The highest BCUT2D eigenvalue weighted by atomic mass is 16.2. The first-order valence-corrected chi connectivity index (χ1v) is 9.98. The SMILES string of the molecule is CC(C)CC(C(=O)NCC(C)(C)CN(C)C)N1C(=O)C2CC=CCC2C1=O. The molecule has 1 heterocycles. The van der Waals surface area contributed by atoms with Gasteiger partial charge < -0.3 is 10.2 Å². The number of fused-ring (bicyclic) bond motifs is 1. The molecule has 27 heavy (non-hydrogen) atoms. The zero-order chi connectivity index (χ0) is 20.4. The van der Waals surface area contributed by atoms with E-state index in [2.05, 4.69) is 24.1 Å². The fourth-order valence-electron chi connectivity index (χ4n) is 4.27. The van der Waals surface area contributed by atoms with Crippen LogP contribution in [0.5, 0.6) is 0 Å². The Labute approximate surface area is 163 Å². The minimum Gasteiger partial charge on any atom is -0.354 e. The Morgan fingerprint density at radius 3 is 2.15 bits per heavy atom. The van der Waals surface area contributed by atoms with Crippen LogP contribution in [-0.2, 0) is 14.4 Å². The molecule has 3 atom stereocenters. The summed E-state index contributed by atoms with van der Waals surface area (Å²) in [5.74, 6) is -0.962. The number of allylic oxidation sites excluding steroid dienone is 2. The summed E-state index contributed by atoms with van der Waals surface area (Å²) in [5, 5.41) is 3.01. The van der Waals surface area contributed by atoms with E-state index < -0.39 is 6.04 Å². The fraction of sp³-hybridized carbons (Fsp3) is 0.762. The summed E-state index contributed by atoms with van der Waals surface area (Å²) >= 11 is 0. The van der Waals surface area contributed by atoms with Crippen LogP contribution in [0.25, 0.3) is 0 Å². The first-order chi connectivity index (χ1) is 12.5. The van der Waals surface area contributed by atoms with E-state index in [1.165, 1.54) is 4.90 Å². The molecule has 1 saturated heterocycles. The molecule has 0 aromatic rings. The molecular formula is C21H35N3O3. The van der Waals surface area contributed by atoms with Crippen molar-refractivity contribution >= 4 is 17.7 Å². The van der Waals surface area contributed by atoms with Crippen LogP contribution < -0.4 is 5.32 Å². The smallest absolute Gasteiger partial charge is 0.243 e. The van der Waals surface area contributed by atoms with Gasteiger partial charge in [0.15, 0.2) is 0 Å². The van der Waals surface area contributed by atoms with Gasteiger partial charge in [-0.3, -0.25) is 19.3 Å². The lowest BCUT2D eigenvalue weighted by Gasteiger charge is -2.31. The molecule has 1 fully saturated rings. The molecule has 0 aromatic carbocycles. The van der Waals surface area contributed by atoms with Gasteiger partial charge in [-0.05, 0) is 44.7 Å². The maximum atomic E-state index is 13.0. The predicted molar refractivity (Wildman–Crippen MR) is 106 cm³/mol. The average molecular weight is 378 g/mol. The van der Waals surface area contributed by atoms with Gasteiger partial charge in [-0.1, -0.05) is 39.8 Å². The molecule has 1 N–H and O–H groups in total. The zero-order valence-corrected chi connectivity index (χ0v) is 17.6. The van der Waals surface area contributed by atoms with Crippen molar-refractivity contribution in [1.82, 2.24) is 15.1 Å². The summed E-state index contributed by atoms with van der Waals surface area (Å²) in [6.07, 6.45) is 5.62. The number of rotatable bonds is 8. The Kier molecular flexibility index (Phi) is 6.84. The number of hydrogen-bond acceptors (Lipinski definition) is 4. The molecule has 3 unspecified atom stereocenters. The van der Waals surface area contributed by atoms with Crippen molar-refractivity contribution < 1.29 is 14.4 Å². The van der Waals surface area contributed by atoms with Crippen molar-refractivity contribution in [3.8, 4) is 0 Å². The number of nitrogens with one attached hydrogen (secondary N) is 1. The molecule has 0 aromatic heterocycles. The summed E-state index contributed by atoms with van der Waals surface area (Å²) in [5.41, 5.74) is -0.0987. The van der Waals surface area contributed by atoms with E-state index in [1.807, 2.05) is 40.1 Å². The third-order valence-corrected chi connectivity index (χ3v) is 5.34. The van der Waals surface area contributed by atoms with Gasteiger partial charge in [0.05, 0.1) is 11.8 Å². The third kappa shape index (κ3) is 5.18. The van der Waals surface area contributed by atoms with Crippen molar-refractivity contribution in [2.24, 2.45) is 23.2 Å². The van der Waals surface area contributed by atoms with Crippen molar-refractivity contribution in [1.29, 1.82) is 0 Å². The number of nitrogens with zero attached hydrogens (tertiary/aromatic N) is 2. The zero-order valence-electron chi connectivity index (χ0n) is 17.6. The van der Waals surface area contributed by atoms with Crippen LogP contribution in [0.1, 0.15) is 47.0 Å². The topological polar surface area (TPSA) is 69.7 Å². The number of amides is 3. The molecule has 6 nitrogen and oxygen atoms in total. The predicted octanol–water partition coefficient (Wildman–Crippen LogP) is 2.06. The molecule has 0 spiro atoms. The fourth-order valence-corrected chi connectivity index (χ4v) is 4.27. The molecule has 6 heteroatoms. The van der Waals surface area contributed by atoms with Crippen LogP contribution in [-0.4, -0.2) is 60.7 Å². The van der Waals surface area contributed by atoms with Gasteiger partial charge in [-0.2, -0.15) is 0 Å². The van der Waals surface area contributed by atoms with E-state index in [4.69, 9.17) is 0 Å². The largest absolute Gasteiger partial charge is 0.354 e. The van der Waals surface area contributed by atoms with Gasteiger partial charge in [0, 0.05) is 13.1 Å². The van der Waals surface area contributed by atoms with Gasteiger partial charge in [0.1, 0.15) is 6.04 Å². The molecule has 1 aliphatic heterocycles. The van der Waals surface area contributed by atoms with Gasteiger partial charge in [0.2, 0.25) is 17.7 Å². The quantitative estimate of drug-likeness (QED) is 0.519. The van der Waals surface area contributed by atoms with Crippen LogP contribution in [0.15, 0.2) is 12.2 Å². The van der Waals surface area contributed by atoms with Gasteiger partial charge >= 0.3 is 0 Å². The van der Waals surface area contributed by atoms with E-state index in [9.17, 15) is 14.4 Å². The van der Waals surface area contributed by atoms with E-state index >= 15 is 0 Å². The number of hydrogen-bond donors (Lipinski definition) is 1. The minimum absolute atomic E-state index is 0.0987. The van der Waals surface area contributed by atoms with Crippen LogP contribution in [0.2, 0.25) is 0 Å². The highest BCUT2D eigenvalue weighted by Crippen LogP contribution is 2.37. The minimum atomic E-state index is -0.717. The Hall–Kier alpha value is -1.69. The molecule has 2 rings (SSSR count). The average Bonchev–Trinajstić information content (AvgIpc) is 2.81. The maximum absolute atomic E-state index is 13.0. The molecule has 152 valence electrons. The second-order valence-electron chi connectivity index (χ2n) is 9.47.